The number of hydrogen-bond donors (Lipinski definition) is 2. The van der Waals surface area contributed by atoms with E-state index in [0.717, 1.165) is 61.4 Å². The van der Waals surface area contributed by atoms with Gasteiger partial charge in [0, 0.05) is 43.7 Å². The van der Waals surface area contributed by atoms with Crippen molar-refractivity contribution in [1.82, 2.24) is 15.2 Å². The number of morpholine rings is 1. The first-order valence-electron chi connectivity index (χ1n) is 8.29. The summed E-state index contributed by atoms with van der Waals surface area (Å²) in [5.74, 6) is -0.978. The monoisotopic (exact) mass is 329 g/mol. The van der Waals surface area contributed by atoms with E-state index < -0.39 is 5.97 Å². The number of benzene rings is 1. The fraction of sp³-hybridized carbons (Fsp3) is 0.444. The number of para-hydroxylation sites is 1. The van der Waals surface area contributed by atoms with Crippen LogP contribution in [0.25, 0.3) is 10.9 Å². The van der Waals surface area contributed by atoms with Crippen molar-refractivity contribution >= 4 is 16.9 Å². The van der Waals surface area contributed by atoms with Crippen molar-refractivity contribution in [2.24, 2.45) is 0 Å². The minimum absolute atomic E-state index is 0.144. The first-order chi connectivity index (χ1) is 11.7. The van der Waals surface area contributed by atoms with Gasteiger partial charge in [-0.1, -0.05) is 18.2 Å². The van der Waals surface area contributed by atoms with Crippen molar-refractivity contribution in [2.45, 2.75) is 13.5 Å². The molecule has 2 aromatic rings. The van der Waals surface area contributed by atoms with Gasteiger partial charge in [0.15, 0.2) is 5.69 Å². The third-order valence-electron chi connectivity index (χ3n) is 4.49. The molecule has 1 aromatic heterocycles. The van der Waals surface area contributed by atoms with Crippen molar-refractivity contribution in [1.29, 1.82) is 0 Å². The highest BCUT2D eigenvalue weighted by atomic mass is 16.5. The van der Waals surface area contributed by atoms with Crippen LogP contribution in [-0.4, -0.2) is 60.4 Å². The average molecular weight is 329 g/mol. The number of aryl methyl sites for hydroxylation is 1. The van der Waals surface area contributed by atoms with Crippen LogP contribution in [0.15, 0.2) is 24.3 Å². The van der Waals surface area contributed by atoms with Crippen LogP contribution in [0.2, 0.25) is 0 Å². The van der Waals surface area contributed by atoms with E-state index in [0.29, 0.717) is 6.54 Å². The fourth-order valence-corrected chi connectivity index (χ4v) is 3.08. The summed E-state index contributed by atoms with van der Waals surface area (Å²) in [6.07, 6.45) is 0. The molecule has 0 aliphatic carbocycles. The second-order valence-electron chi connectivity index (χ2n) is 6.02. The summed E-state index contributed by atoms with van der Waals surface area (Å²) in [6.45, 7) is 7.72. The quantitative estimate of drug-likeness (QED) is 0.785. The summed E-state index contributed by atoms with van der Waals surface area (Å²) in [5, 5.41) is 13.9. The Hall–Kier alpha value is -2.02. The SMILES string of the molecule is Cc1c(CNCCN2CCOCC2)c(C(=O)O)nc2ccccc12. The van der Waals surface area contributed by atoms with Crippen LogP contribution in [0, 0.1) is 6.92 Å². The van der Waals surface area contributed by atoms with Gasteiger partial charge in [0.1, 0.15) is 0 Å². The van der Waals surface area contributed by atoms with Crippen molar-refractivity contribution in [3.05, 3.63) is 41.1 Å². The van der Waals surface area contributed by atoms with E-state index in [2.05, 4.69) is 15.2 Å². The molecule has 3 rings (SSSR count). The Labute approximate surface area is 141 Å². The Kier molecular flexibility index (Phi) is 5.40. The summed E-state index contributed by atoms with van der Waals surface area (Å²) < 4.78 is 5.34. The van der Waals surface area contributed by atoms with Crippen molar-refractivity contribution < 1.29 is 14.6 Å². The smallest absolute Gasteiger partial charge is 0.354 e. The van der Waals surface area contributed by atoms with Crippen molar-refractivity contribution in [3.8, 4) is 0 Å². The molecule has 1 fully saturated rings. The zero-order chi connectivity index (χ0) is 16.9. The molecule has 6 nitrogen and oxygen atoms in total. The molecular formula is C18H23N3O3. The van der Waals surface area contributed by atoms with Crippen LogP contribution in [0.5, 0.6) is 0 Å². The predicted molar refractivity (Wildman–Crippen MR) is 92.4 cm³/mol. The molecule has 6 heteroatoms. The van der Waals surface area contributed by atoms with Gasteiger partial charge in [0.2, 0.25) is 0 Å². The number of aromatic carboxylic acids is 1. The number of fused-ring (bicyclic) bond motifs is 1. The van der Waals surface area contributed by atoms with E-state index in [1.54, 1.807) is 0 Å². The summed E-state index contributed by atoms with van der Waals surface area (Å²) in [4.78, 5) is 18.3. The number of carbonyl (C=O) groups is 1. The number of nitrogens with one attached hydrogen (secondary N) is 1. The normalized spacial score (nSPS) is 15.7. The van der Waals surface area contributed by atoms with E-state index in [1.807, 2.05) is 31.2 Å². The average Bonchev–Trinajstić information content (AvgIpc) is 2.61. The molecule has 1 aliphatic heterocycles. The zero-order valence-electron chi connectivity index (χ0n) is 13.9. The molecule has 1 saturated heterocycles. The molecule has 2 heterocycles. The lowest BCUT2D eigenvalue weighted by atomic mass is 10.0. The minimum atomic E-state index is -0.978. The molecule has 0 saturated carbocycles. The standard InChI is InChI=1S/C18H23N3O3/c1-13-14-4-2-3-5-16(14)20-17(18(22)23)15(13)12-19-6-7-21-8-10-24-11-9-21/h2-5,19H,6-12H2,1H3,(H,22,23). The maximum Gasteiger partial charge on any atom is 0.354 e. The molecule has 2 N–H and O–H groups in total. The number of pyridine rings is 1. The summed E-state index contributed by atoms with van der Waals surface area (Å²) in [6, 6.07) is 7.67. The fourth-order valence-electron chi connectivity index (χ4n) is 3.08. The Morgan fingerprint density at radius 1 is 1.33 bits per heavy atom. The van der Waals surface area contributed by atoms with Crippen LogP contribution in [0.1, 0.15) is 21.6 Å². The van der Waals surface area contributed by atoms with Gasteiger partial charge in [-0.15, -0.1) is 0 Å². The number of rotatable bonds is 6. The van der Waals surface area contributed by atoms with Gasteiger partial charge in [-0.25, -0.2) is 9.78 Å². The molecule has 0 bridgehead atoms. The highest BCUT2D eigenvalue weighted by molar-refractivity contribution is 5.93. The maximum absolute atomic E-state index is 11.6. The Bertz CT molecular complexity index is 727. The lowest BCUT2D eigenvalue weighted by molar-refractivity contribution is 0.0384. The van der Waals surface area contributed by atoms with Crippen molar-refractivity contribution in [3.63, 3.8) is 0 Å². The first kappa shape index (κ1) is 16.8. The van der Waals surface area contributed by atoms with Gasteiger partial charge < -0.3 is 15.2 Å². The van der Waals surface area contributed by atoms with E-state index in [9.17, 15) is 9.90 Å². The van der Waals surface area contributed by atoms with Gasteiger partial charge in [-0.3, -0.25) is 4.90 Å². The Morgan fingerprint density at radius 3 is 2.83 bits per heavy atom. The van der Waals surface area contributed by atoms with Gasteiger partial charge in [0.25, 0.3) is 0 Å². The molecule has 0 amide bonds. The second-order valence-corrected chi connectivity index (χ2v) is 6.02. The number of ether oxygens (including phenoxy) is 1. The largest absolute Gasteiger partial charge is 0.477 e. The van der Waals surface area contributed by atoms with E-state index in [1.165, 1.54) is 0 Å². The molecular weight excluding hydrogens is 306 g/mol. The van der Waals surface area contributed by atoms with Gasteiger partial charge >= 0.3 is 5.97 Å². The molecule has 24 heavy (non-hydrogen) atoms. The Morgan fingerprint density at radius 2 is 2.08 bits per heavy atom. The summed E-state index contributed by atoms with van der Waals surface area (Å²) in [5.41, 5.74) is 2.62. The summed E-state index contributed by atoms with van der Waals surface area (Å²) >= 11 is 0. The third-order valence-corrected chi connectivity index (χ3v) is 4.49. The van der Waals surface area contributed by atoms with E-state index >= 15 is 0 Å². The molecule has 128 valence electrons. The van der Waals surface area contributed by atoms with Gasteiger partial charge in [-0.2, -0.15) is 0 Å². The van der Waals surface area contributed by atoms with E-state index in [4.69, 9.17) is 4.74 Å². The van der Waals surface area contributed by atoms with Crippen LogP contribution in [-0.2, 0) is 11.3 Å². The predicted octanol–water partition coefficient (Wildman–Crippen LogP) is 1.66. The van der Waals surface area contributed by atoms with Crippen LogP contribution in [0.4, 0.5) is 0 Å². The minimum Gasteiger partial charge on any atom is -0.477 e. The number of hydrogen-bond acceptors (Lipinski definition) is 5. The highest BCUT2D eigenvalue weighted by Crippen LogP contribution is 2.22. The molecule has 1 aromatic carbocycles. The lowest BCUT2D eigenvalue weighted by Crippen LogP contribution is -2.40. The number of aromatic nitrogens is 1. The van der Waals surface area contributed by atoms with E-state index in [-0.39, 0.29) is 5.69 Å². The topological polar surface area (TPSA) is 74.7 Å². The molecule has 1 aliphatic rings. The lowest BCUT2D eigenvalue weighted by Gasteiger charge is -2.26. The maximum atomic E-state index is 11.6. The summed E-state index contributed by atoms with van der Waals surface area (Å²) in [7, 11) is 0. The highest BCUT2D eigenvalue weighted by Gasteiger charge is 2.17. The van der Waals surface area contributed by atoms with Gasteiger partial charge in [0.05, 0.1) is 18.7 Å². The Balaban J connectivity index is 1.71. The molecule has 0 radical (unpaired) electrons. The van der Waals surface area contributed by atoms with Crippen LogP contribution >= 0.6 is 0 Å². The number of nitrogens with zero attached hydrogens (tertiary/aromatic N) is 2. The van der Waals surface area contributed by atoms with Crippen LogP contribution in [0.3, 0.4) is 0 Å². The molecule has 0 spiro atoms. The van der Waals surface area contributed by atoms with Gasteiger partial charge in [-0.05, 0) is 18.6 Å². The van der Waals surface area contributed by atoms with Crippen LogP contribution < -0.4 is 5.32 Å². The number of carboxylic acids is 1. The second kappa shape index (κ2) is 7.70. The first-order valence-corrected chi connectivity index (χ1v) is 8.29. The van der Waals surface area contributed by atoms with Crippen molar-refractivity contribution in [2.75, 3.05) is 39.4 Å². The molecule has 0 atom stereocenters. The zero-order valence-corrected chi connectivity index (χ0v) is 13.9. The number of carboxylic acid groups (broad SMARTS) is 1. The third kappa shape index (κ3) is 3.72. The molecule has 0 unspecified atom stereocenters.